The molecule has 0 spiro atoms. The molecule has 0 amide bonds. The fourth-order valence-corrected chi connectivity index (χ4v) is 1.60. The summed E-state index contributed by atoms with van der Waals surface area (Å²) < 4.78 is 0. The maximum atomic E-state index is 3.21. The maximum Gasteiger partial charge on any atom is 0.0235 e. The highest BCUT2D eigenvalue weighted by atomic mass is 15.2. The zero-order valence-corrected chi connectivity index (χ0v) is 7.22. The summed E-state index contributed by atoms with van der Waals surface area (Å²) in [5.41, 5.74) is 0. The van der Waals surface area contributed by atoms with E-state index in [-0.39, 0.29) is 0 Å². The van der Waals surface area contributed by atoms with Crippen molar-refractivity contribution in [2.24, 2.45) is 0 Å². The normalized spacial score (nSPS) is 27.0. The van der Waals surface area contributed by atoms with Crippen LogP contribution in [-0.2, 0) is 0 Å². The Hall–Kier alpha value is -0.0800. The predicted molar refractivity (Wildman–Crippen MR) is 44.2 cm³/mol. The summed E-state index contributed by atoms with van der Waals surface area (Å²) in [4.78, 5) is 2.54. The summed E-state index contributed by atoms with van der Waals surface area (Å²) >= 11 is 0. The Morgan fingerprint density at radius 1 is 1.60 bits per heavy atom. The quantitative estimate of drug-likeness (QED) is 0.623. The van der Waals surface area contributed by atoms with Crippen molar-refractivity contribution in [3.63, 3.8) is 0 Å². The van der Waals surface area contributed by atoms with Crippen molar-refractivity contribution in [3.05, 3.63) is 0 Å². The number of nitrogens with one attached hydrogen (secondary N) is 1. The summed E-state index contributed by atoms with van der Waals surface area (Å²) in [6.07, 6.45) is 1.37. The Bertz CT molecular complexity index is 101. The Morgan fingerprint density at radius 2 is 2.30 bits per heavy atom. The van der Waals surface area contributed by atoms with E-state index in [0.29, 0.717) is 0 Å². The molecule has 1 heterocycles. The van der Waals surface area contributed by atoms with Crippen LogP contribution in [0.5, 0.6) is 0 Å². The van der Waals surface area contributed by atoms with Gasteiger partial charge in [0.15, 0.2) is 0 Å². The molecule has 1 rings (SSSR count). The molecule has 1 atom stereocenters. The minimum absolute atomic E-state index is 0.729. The van der Waals surface area contributed by atoms with Gasteiger partial charge in [0.1, 0.15) is 0 Å². The highest BCUT2D eigenvalue weighted by molar-refractivity contribution is 4.85. The average Bonchev–Trinajstić information content (AvgIpc) is 1.78. The molecule has 0 aromatic heterocycles. The first-order chi connectivity index (χ1) is 4.75. The molecule has 2 nitrogen and oxygen atoms in total. The van der Waals surface area contributed by atoms with Gasteiger partial charge in [-0.3, -0.25) is 4.90 Å². The Balaban J connectivity index is 2.22. The monoisotopic (exact) mass is 142 g/mol. The molecule has 0 aromatic rings. The van der Waals surface area contributed by atoms with Crippen molar-refractivity contribution in [2.75, 3.05) is 20.1 Å². The Kier molecular flexibility index (Phi) is 2.69. The van der Waals surface area contributed by atoms with Gasteiger partial charge in [-0.2, -0.15) is 0 Å². The third-order valence-corrected chi connectivity index (χ3v) is 2.29. The zero-order valence-electron chi connectivity index (χ0n) is 7.22. The summed E-state index contributed by atoms with van der Waals surface area (Å²) in [5, 5.41) is 3.21. The van der Waals surface area contributed by atoms with Crippen LogP contribution in [0.2, 0.25) is 0 Å². The second-order valence-corrected chi connectivity index (χ2v) is 3.33. The summed E-state index contributed by atoms with van der Waals surface area (Å²) in [5.74, 6) is 0. The van der Waals surface area contributed by atoms with Crippen molar-refractivity contribution in [2.45, 2.75) is 32.4 Å². The topological polar surface area (TPSA) is 15.3 Å². The van der Waals surface area contributed by atoms with Crippen LogP contribution in [0.15, 0.2) is 0 Å². The lowest BCUT2D eigenvalue weighted by Crippen LogP contribution is -2.55. The fourth-order valence-electron chi connectivity index (χ4n) is 1.60. The highest BCUT2D eigenvalue weighted by Gasteiger charge is 2.28. The lowest BCUT2D eigenvalue weighted by atomic mass is 10.0. The summed E-state index contributed by atoms with van der Waals surface area (Å²) in [6.45, 7) is 6.98. The van der Waals surface area contributed by atoms with Gasteiger partial charge in [-0.05, 0) is 27.3 Å². The van der Waals surface area contributed by atoms with Crippen molar-refractivity contribution in [1.29, 1.82) is 0 Å². The molecule has 1 unspecified atom stereocenters. The first-order valence-corrected chi connectivity index (χ1v) is 4.16. The molecule has 60 valence electrons. The van der Waals surface area contributed by atoms with Crippen LogP contribution in [0.25, 0.3) is 0 Å². The molecule has 1 aliphatic rings. The number of hydrogen-bond donors (Lipinski definition) is 1. The molecule has 0 aromatic carbocycles. The van der Waals surface area contributed by atoms with Gasteiger partial charge in [0.05, 0.1) is 0 Å². The van der Waals surface area contributed by atoms with E-state index in [4.69, 9.17) is 0 Å². The minimum Gasteiger partial charge on any atom is -0.318 e. The second kappa shape index (κ2) is 3.35. The smallest absolute Gasteiger partial charge is 0.0235 e. The Morgan fingerprint density at radius 3 is 2.60 bits per heavy atom. The van der Waals surface area contributed by atoms with Crippen LogP contribution in [0.4, 0.5) is 0 Å². The van der Waals surface area contributed by atoms with E-state index < -0.39 is 0 Å². The number of hydrogen-bond acceptors (Lipinski definition) is 2. The SMILES string of the molecule is CNCC1CCN1C(C)C. The fraction of sp³-hybridized carbons (Fsp3) is 1.00. The molecule has 10 heavy (non-hydrogen) atoms. The standard InChI is InChI=1S/C8H18N2/c1-7(2)10-5-4-8(10)6-9-3/h7-9H,4-6H2,1-3H3. The van der Waals surface area contributed by atoms with Crippen molar-refractivity contribution in [1.82, 2.24) is 10.2 Å². The zero-order chi connectivity index (χ0) is 7.56. The van der Waals surface area contributed by atoms with Crippen LogP contribution in [0.3, 0.4) is 0 Å². The van der Waals surface area contributed by atoms with Crippen LogP contribution in [0.1, 0.15) is 20.3 Å². The lowest BCUT2D eigenvalue weighted by Gasteiger charge is -2.43. The molecule has 1 aliphatic heterocycles. The van der Waals surface area contributed by atoms with Gasteiger partial charge in [0.25, 0.3) is 0 Å². The van der Waals surface area contributed by atoms with Gasteiger partial charge in [0, 0.05) is 25.2 Å². The first-order valence-electron chi connectivity index (χ1n) is 4.16. The molecular weight excluding hydrogens is 124 g/mol. The number of nitrogens with zero attached hydrogens (tertiary/aromatic N) is 1. The van der Waals surface area contributed by atoms with Crippen LogP contribution < -0.4 is 5.32 Å². The number of likely N-dealkylation sites (N-methyl/N-ethyl adjacent to an activating group) is 1. The minimum atomic E-state index is 0.729. The summed E-state index contributed by atoms with van der Waals surface area (Å²) in [7, 11) is 2.02. The van der Waals surface area contributed by atoms with Crippen LogP contribution in [0, 0.1) is 0 Å². The van der Waals surface area contributed by atoms with E-state index in [2.05, 4.69) is 24.1 Å². The molecule has 0 saturated carbocycles. The van der Waals surface area contributed by atoms with E-state index >= 15 is 0 Å². The van der Waals surface area contributed by atoms with Gasteiger partial charge < -0.3 is 5.32 Å². The predicted octanol–water partition coefficient (Wildman–Crippen LogP) is 0.688. The summed E-state index contributed by atoms with van der Waals surface area (Å²) in [6, 6.07) is 1.54. The number of rotatable bonds is 3. The van der Waals surface area contributed by atoms with Crippen molar-refractivity contribution in [3.8, 4) is 0 Å². The number of likely N-dealkylation sites (tertiary alicyclic amines) is 1. The molecule has 1 fully saturated rings. The van der Waals surface area contributed by atoms with Gasteiger partial charge in [-0.25, -0.2) is 0 Å². The van der Waals surface area contributed by atoms with Gasteiger partial charge in [-0.1, -0.05) is 0 Å². The van der Waals surface area contributed by atoms with E-state index in [1.165, 1.54) is 13.0 Å². The molecule has 0 aliphatic carbocycles. The van der Waals surface area contributed by atoms with E-state index in [0.717, 1.165) is 18.6 Å². The van der Waals surface area contributed by atoms with Crippen molar-refractivity contribution < 1.29 is 0 Å². The molecule has 0 bridgehead atoms. The van der Waals surface area contributed by atoms with Crippen molar-refractivity contribution >= 4 is 0 Å². The third kappa shape index (κ3) is 1.50. The van der Waals surface area contributed by atoms with E-state index in [1.54, 1.807) is 0 Å². The molecular formula is C8H18N2. The second-order valence-electron chi connectivity index (χ2n) is 3.33. The van der Waals surface area contributed by atoms with Crippen LogP contribution >= 0.6 is 0 Å². The molecule has 0 radical (unpaired) electrons. The lowest BCUT2D eigenvalue weighted by molar-refractivity contribution is 0.0579. The van der Waals surface area contributed by atoms with E-state index in [9.17, 15) is 0 Å². The third-order valence-electron chi connectivity index (χ3n) is 2.29. The average molecular weight is 142 g/mol. The van der Waals surface area contributed by atoms with Gasteiger partial charge >= 0.3 is 0 Å². The van der Waals surface area contributed by atoms with Gasteiger partial charge in [0.2, 0.25) is 0 Å². The first kappa shape index (κ1) is 8.02. The highest BCUT2D eigenvalue weighted by Crippen LogP contribution is 2.18. The van der Waals surface area contributed by atoms with Crippen LogP contribution in [-0.4, -0.2) is 37.1 Å². The largest absolute Gasteiger partial charge is 0.318 e. The Labute approximate surface area is 63.6 Å². The van der Waals surface area contributed by atoms with E-state index in [1.807, 2.05) is 7.05 Å². The molecule has 1 N–H and O–H groups in total. The molecule has 1 saturated heterocycles. The maximum absolute atomic E-state index is 3.21. The molecule has 2 heteroatoms. The van der Waals surface area contributed by atoms with Gasteiger partial charge in [-0.15, -0.1) is 0 Å².